The number of aromatic nitrogens is 2. The number of nitrogen functional groups attached to an aromatic ring is 1. The molecule has 19 heavy (non-hydrogen) atoms. The number of hydrogen-bond acceptors (Lipinski definition) is 5. The molecular weight excluding hydrogens is 267 g/mol. The molecule has 5 nitrogen and oxygen atoms in total. The Morgan fingerprint density at radius 3 is 2.68 bits per heavy atom. The lowest BCUT2D eigenvalue weighted by atomic mass is 10.1. The monoisotopic (exact) mass is 278 g/mol. The Kier molecular flexibility index (Phi) is 2.90. The largest absolute Gasteiger partial charge is 0.374 e. The lowest BCUT2D eigenvalue weighted by molar-refractivity contribution is -0.117. The highest BCUT2D eigenvalue weighted by Crippen LogP contribution is 2.33. The van der Waals surface area contributed by atoms with Gasteiger partial charge in [-0.15, -0.1) is 10.2 Å². The first-order valence-corrected chi connectivity index (χ1v) is 6.60. The van der Waals surface area contributed by atoms with Crippen molar-refractivity contribution in [2.45, 2.75) is 12.3 Å². The predicted molar refractivity (Wildman–Crippen MR) is 70.4 cm³/mol. The maximum absolute atomic E-state index is 12.9. The molecule has 0 aliphatic carbocycles. The SMILES string of the molecule is Nc1nnc([C@H]2CC(=O)N(c3ccc(F)cc3)C2)s1. The molecule has 2 aromatic rings. The van der Waals surface area contributed by atoms with E-state index in [-0.39, 0.29) is 17.6 Å². The maximum Gasteiger partial charge on any atom is 0.227 e. The molecule has 1 aromatic heterocycles. The molecule has 7 heteroatoms. The van der Waals surface area contributed by atoms with Gasteiger partial charge in [0.15, 0.2) is 0 Å². The number of halogens is 1. The van der Waals surface area contributed by atoms with Crippen molar-refractivity contribution in [1.82, 2.24) is 10.2 Å². The number of rotatable bonds is 2. The molecule has 1 aliphatic heterocycles. The molecule has 1 fully saturated rings. The molecule has 0 saturated carbocycles. The number of nitrogens with zero attached hydrogens (tertiary/aromatic N) is 3. The van der Waals surface area contributed by atoms with Crippen LogP contribution in [0.4, 0.5) is 15.2 Å². The highest BCUT2D eigenvalue weighted by atomic mass is 32.1. The van der Waals surface area contributed by atoms with Gasteiger partial charge in [0.05, 0.1) is 0 Å². The molecular formula is C12H11FN4OS. The van der Waals surface area contributed by atoms with Gasteiger partial charge < -0.3 is 10.6 Å². The number of benzene rings is 1. The van der Waals surface area contributed by atoms with Crippen LogP contribution in [0.15, 0.2) is 24.3 Å². The summed E-state index contributed by atoms with van der Waals surface area (Å²) in [5, 5.41) is 8.92. The second kappa shape index (κ2) is 4.58. The second-order valence-electron chi connectivity index (χ2n) is 4.36. The number of carbonyl (C=O) groups excluding carboxylic acids is 1. The Bertz CT molecular complexity index is 612. The van der Waals surface area contributed by atoms with E-state index in [2.05, 4.69) is 10.2 Å². The zero-order chi connectivity index (χ0) is 13.4. The number of amides is 1. The van der Waals surface area contributed by atoms with Crippen molar-refractivity contribution in [3.05, 3.63) is 35.1 Å². The minimum atomic E-state index is -0.316. The second-order valence-corrected chi connectivity index (χ2v) is 5.40. The summed E-state index contributed by atoms with van der Waals surface area (Å²) < 4.78 is 12.9. The summed E-state index contributed by atoms with van der Waals surface area (Å²) in [6, 6.07) is 5.89. The molecule has 1 amide bonds. The van der Waals surface area contributed by atoms with Crippen LogP contribution < -0.4 is 10.6 Å². The van der Waals surface area contributed by atoms with Gasteiger partial charge in [0.25, 0.3) is 0 Å². The summed E-state index contributed by atoms with van der Waals surface area (Å²) >= 11 is 1.30. The summed E-state index contributed by atoms with van der Waals surface area (Å²) in [5.74, 6) is -0.304. The fourth-order valence-electron chi connectivity index (χ4n) is 2.16. The predicted octanol–water partition coefficient (Wildman–Crippen LogP) is 1.78. The van der Waals surface area contributed by atoms with Gasteiger partial charge in [0.2, 0.25) is 11.0 Å². The van der Waals surface area contributed by atoms with Gasteiger partial charge in [-0.2, -0.15) is 0 Å². The molecule has 0 unspecified atom stereocenters. The van der Waals surface area contributed by atoms with Gasteiger partial charge in [-0.1, -0.05) is 11.3 Å². The Balaban J connectivity index is 1.82. The van der Waals surface area contributed by atoms with Crippen LogP contribution in [0.5, 0.6) is 0 Å². The first-order valence-electron chi connectivity index (χ1n) is 5.78. The molecule has 1 atom stereocenters. The Morgan fingerprint density at radius 1 is 1.32 bits per heavy atom. The van der Waals surface area contributed by atoms with Gasteiger partial charge in [-0.3, -0.25) is 4.79 Å². The van der Waals surface area contributed by atoms with E-state index in [1.165, 1.54) is 23.5 Å². The van der Waals surface area contributed by atoms with Gasteiger partial charge >= 0.3 is 0 Å². The molecule has 3 rings (SSSR count). The Hall–Kier alpha value is -2.02. The number of carbonyl (C=O) groups is 1. The van der Waals surface area contributed by atoms with Crippen molar-refractivity contribution >= 4 is 28.1 Å². The van der Waals surface area contributed by atoms with Gasteiger partial charge in [-0.05, 0) is 24.3 Å². The Morgan fingerprint density at radius 2 is 2.05 bits per heavy atom. The average molecular weight is 278 g/mol. The van der Waals surface area contributed by atoms with Crippen LogP contribution in [0.3, 0.4) is 0 Å². The lowest BCUT2D eigenvalue weighted by Crippen LogP contribution is -2.24. The zero-order valence-corrected chi connectivity index (χ0v) is 10.7. The van der Waals surface area contributed by atoms with Gasteiger partial charge in [-0.25, -0.2) is 4.39 Å². The molecule has 0 radical (unpaired) electrons. The van der Waals surface area contributed by atoms with E-state index in [0.717, 1.165) is 5.01 Å². The van der Waals surface area contributed by atoms with E-state index >= 15 is 0 Å². The first kappa shape index (κ1) is 12.0. The summed E-state index contributed by atoms with van der Waals surface area (Å²) in [6.45, 7) is 0.527. The van der Waals surface area contributed by atoms with Crippen molar-refractivity contribution in [2.24, 2.45) is 0 Å². The summed E-state index contributed by atoms with van der Waals surface area (Å²) in [4.78, 5) is 13.6. The average Bonchev–Trinajstić information content (AvgIpc) is 2.97. The van der Waals surface area contributed by atoms with Crippen LogP contribution in [0.1, 0.15) is 17.3 Å². The molecule has 1 aliphatic rings. The van der Waals surface area contributed by atoms with Crippen LogP contribution in [0, 0.1) is 5.82 Å². The molecule has 0 bridgehead atoms. The highest BCUT2D eigenvalue weighted by Gasteiger charge is 2.33. The van der Waals surface area contributed by atoms with Crippen LogP contribution >= 0.6 is 11.3 Å². The number of anilines is 2. The van der Waals surface area contributed by atoms with Crippen molar-refractivity contribution in [3.63, 3.8) is 0 Å². The fourth-order valence-corrected chi connectivity index (χ4v) is 2.86. The van der Waals surface area contributed by atoms with Gasteiger partial charge in [0, 0.05) is 24.6 Å². The van der Waals surface area contributed by atoms with Crippen molar-refractivity contribution in [1.29, 1.82) is 0 Å². The van der Waals surface area contributed by atoms with Crippen molar-refractivity contribution < 1.29 is 9.18 Å². The van der Waals surface area contributed by atoms with Crippen LogP contribution in [0.25, 0.3) is 0 Å². The lowest BCUT2D eigenvalue weighted by Gasteiger charge is -2.16. The number of nitrogens with two attached hydrogens (primary N) is 1. The van der Waals surface area contributed by atoms with Crippen LogP contribution in [-0.4, -0.2) is 22.6 Å². The quantitative estimate of drug-likeness (QED) is 0.909. The first-order chi connectivity index (χ1) is 9.13. The molecule has 1 saturated heterocycles. The van der Waals surface area contributed by atoms with E-state index < -0.39 is 0 Å². The Labute approximate surface area is 112 Å². The molecule has 1 aromatic carbocycles. The van der Waals surface area contributed by atoms with E-state index in [0.29, 0.717) is 23.8 Å². The minimum absolute atomic E-state index is 0.00498. The normalized spacial score (nSPS) is 19.1. The minimum Gasteiger partial charge on any atom is -0.374 e. The molecule has 98 valence electrons. The zero-order valence-electron chi connectivity index (χ0n) is 9.91. The standard InChI is InChI=1S/C12H11FN4OS/c13-8-1-3-9(4-2-8)17-6-7(5-10(17)18)11-15-16-12(14)19-11/h1-4,7H,5-6H2,(H2,14,16)/t7-/m0/s1. The number of hydrogen-bond donors (Lipinski definition) is 1. The van der Waals surface area contributed by atoms with Crippen molar-refractivity contribution in [3.8, 4) is 0 Å². The summed E-state index contributed by atoms with van der Waals surface area (Å²) in [6.07, 6.45) is 0.381. The fraction of sp³-hybridized carbons (Fsp3) is 0.250. The molecule has 2 heterocycles. The molecule has 0 spiro atoms. The summed E-state index contributed by atoms with van der Waals surface area (Å²) in [7, 11) is 0. The third-order valence-electron chi connectivity index (χ3n) is 3.07. The van der Waals surface area contributed by atoms with Crippen LogP contribution in [-0.2, 0) is 4.79 Å². The molecule has 2 N–H and O–H groups in total. The highest BCUT2D eigenvalue weighted by molar-refractivity contribution is 7.15. The third kappa shape index (κ3) is 2.28. The third-order valence-corrected chi connectivity index (χ3v) is 3.98. The van der Waals surface area contributed by atoms with E-state index in [4.69, 9.17) is 5.73 Å². The van der Waals surface area contributed by atoms with Crippen molar-refractivity contribution in [2.75, 3.05) is 17.2 Å². The van der Waals surface area contributed by atoms with E-state index in [1.54, 1.807) is 17.0 Å². The van der Waals surface area contributed by atoms with Gasteiger partial charge in [0.1, 0.15) is 10.8 Å². The van der Waals surface area contributed by atoms with E-state index in [9.17, 15) is 9.18 Å². The smallest absolute Gasteiger partial charge is 0.227 e. The summed E-state index contributed by atoms with van der Waals surface area (Å²) in [5.41, 5.74) is 6.25. The maximum atomic E-state index is 12.9. The van der Waals surface area contributed by atoms with E-state index in [1.807, 2.05) is 0 Å². The van der Waals surface area contributed by atoms with Crippen LogP contribution in [0.2, 0.25) is 0 Å². The topological polar surface area (TPSA) is 72.1 Å².